The normalized spacial score (nSPS) is 16.7. The lowest BCUT2D eigenvalue weighted by Crippen LogP contribution is -2.49. The van der Waals surface area contributed by atoms with Crippen molar-refractivity contribution in [2.75, 3.05) is 21.9 Å². The highest BCUT2D eigenvalue weighted by molar-refractivity contribution is 9.10. The van der Waals surface area contributed by atoms with Gasteiger partial charge in [-0.05, 0) is 37.3 Å². The molecule has 0 saturated heterocycles. The lowest BCUT2D eigenvalue weighted by Gasteiger charge is -2.34. The summed E-state index contributed by atoms with van der Waals surface area (Å²) in [6.07, 6.45) is -0.935. The van der Waals surface area contributed by atoms with E-state index < -0.39 is 22.0 Å². The maximum Gasteiger partial charge on any atom is 0.267 e. The van der Waals surface area contributed by atoms with E-state index in [1.807, 2.05) is 6.07 Å². The van der Waals surface area contributed by atoms with Crippen molar-refractivity contribution in [3.63, 3.8) is 0 Å². The molecule has 1 heterocycles. The summed E-state index contributed by atoms with van der Waals surface area (Å²) in [7, 11) is -3.51. The van der Waals surface area contributed by atoms with Crippen molar-refractivity contribution < 1.29 is 17.9 Å². The van der Waals surface area contributed by atoms with Gasteiger partial charge >= 0.3 is 0 Å². The Morgan fingerprint density at radius 2 is 2.04 bits per heavy atom. The molecule has 1 atom stereocenters. The average Bonchev–Trinajstić information content (AvgIpc) is 2.60. The first-order valence-electron chi connectivity index (χ1n) is 7.73. The van der Waals surface area contributed by atoms with Crippen LogP contribution < -0.4 is 14.4 Å². The number of ether oxygens (including phenoxy) is 1. The molecule has 8 heteroatoms. The van der Waals surface area contributed by atoms with Gasteiger partial charge in [0.25, 0.3) is 5.91 Å². The number of halogens is 1. The summed E-state index contributed by atoms with van der Waals surface area (Å²) in [5.74, 6) is -0.0783. The summed E-state index contributed by atoms with van der Waals surface area (Å²) in [5, 5.41) is 2.76. The minimum atomic E-state index is -3.51. The molecule has 0 radical (unpaired) electrons. The molecule has 1 amide bonds. The van der Waals surface area contributed by atoms with Crippen LogP contribution in [0.2, 0.25) is 0 Å². The van der Waals surface area contributed by atoms with E-state index in [2.05, 4.69) is 21.2 Å². The number of hydrogen-bond donors (Lipinski definition) is 1. The maximum absolute atomic E-state index is 12.6. The molecule has 0 aromatic heterocycles. The van der Waals surface area contributed by atoms with Gasteiger partial charge < -0.3 is 10.1 Å². The number of benzene rings is 2. The van der Waals surface area contributed by atoms with Gasteiger partial charge in [-0.2, -0.15) is 0 Å². The van der Waals surface area contributed by atoms with Crippen LogP contribution in [0.3, 0.4) is 0 Å². The fourth-order valence-electron chi connectivity index (χ4n) is 2.55. The van der Waals surface area contributed by atoms with Gasteiger partial charge in [0, 0.05) is 10.2 Å². The van der Waals surface area contributed by atoms with Crippen LogP contribution in [0.5, 0.6) is 5.75 Å². The smallest absolute Gasteiger partial charge is 0.267 e. The van der Waals surface area contributed by atoms with Crippen molar-refractivity contribution in [2.24, 2.45) is 0 Å². The zero-order valence-electron chi connectivity index (χ0n) is 13.5. The van der Waals surface area contributed by atoms with Crippen LogP contribution in [-0.4, -0.2) is 32.7 Å². The number of para-hydroxylation sites is 2. The molecular weight excluding hydrogens is 408 g/mol. The summed E-state index contributed by atoms with van der Waals surface area (Å²) >= 11 is 3.34. The second kappa shape index (κ2) is 7.05. The van der Waals surface area contributed by atoms with E-state index in [-0.39, 0.29) is 12.3 Å². The highest BCUT2D eigenvalue weighted by Crippen LogP contribution is 2.35. The molecule has 25 heavy (non-hydrogen) atoms. The summed E-state index contributed by atoms with van der Waals surface area (Å²) < 4.78 is 32.7. The number of nitrogens with zero attached hydrogens (tertiary/aromatic N) is 1. The SMILES string of the molecule is CCS(=O)(=O)N1CC(C(=O)Nc2cccc(Br)c2)Oc2ccccc21. The van der Waals surface area contributed by atoms with Crippen molar-refractivity contribution in [3.05, 3.63) is 53.0 Å². The predicted molar refractivity (Wildman–Crippen MR) is 100 cm³/mol. The number of carbonyl (C=O) groups is 1. The minimum Gasteiger partial charge on any atom is -0.476 e. The van der Waals surface area contributed by atoms with Crippen LogP contribution in [0.4, 0.5) is 11.4 Å². The molecule has 2 aromatic carbocycles. The Morgan fingerprint density at radius 3 is 2.76 bits per heavy atom. The Hall–Kier alpha value is -2.06. The number of sulfonamides is 1. The Morgan fingerprint density at radius 1 is 1.28 bits per heavy atom. The third kappa shape index (κ3) is 3.80. The first-order chi connectivity index (χ1) is 11.9. The van der Waals surface area contributed by atoms with Crippen molar-refractivity contribution in [1.82, 2.24) is 0 Å². The Bertz CT molecular complexity index is 901. The molecule has 0 aliphatic carbocycles. The largest absolute Gasteiger partial charge is 0.476 e. The van der Waals surface area contributed by atoms with E-state index in [0.29, 0.717) is 17.1 Å². The van der Waals surface area contributed by atoms with Gasteiger partial charge in [0.1, 0.15) is 5.75 Å². The van der Waals surface area contributed by atoms with Gasteiger partial charge in [-0.15, -0.1) is 0 Å². The minimum absolute atomic E-state index is 0.0543. The van der Waals surface area contributed by atoms with Crippen LogP contribution in [0.15, 0.2) is 53.0 Å². The van der Waals surface area contributed by atoms with Crippen LogP contribution in [0, 0.1) is 0 Å². The first-order valence-corrected chi connectivity index (χ1v) is 10.1. The Kier molecular flexibility index (Phi) is 5.01. The fraction of sp³-hybridized carbons (Fsp3) is 0.235. The number of nitrogens with one attached hydrogen (secondary N) is 1. The Labute approximate surface area is 155 Å². The van der Waals surface area contributed by atoms with Gasteiger partial charge in [-0.3, -0.25) is 9.10 Å². The van der Waals surface area contributed by atoms with Gasteiger partial charge in [0.2, 0.25) is 10.0 Å². The van der Waals surface area contributed by atoms with Crippen LogP contribution >= 0.6 is 15.9 Å². The predicted octanol–water partition coefficient (Wildman–Crippen LogP) is 3.00. The van der Waals surface area contributed by atoms with E-state index in [1.54, 1.807) is 49.4 Å². The second-order valence-corrected chi connectivity index (χ2v) is 8.60. The number of carbonyl (C=O) groups excluding carboxylic acids is 1. The van der Waals surface area contributed by atoms with E-state index >= 15 is 0 Å². The summed E-state index contributed by atoms with van der Waals surface area (Å²) in [4.78, 5) is 12.6. The van der Waals surface area contributed by atoms with Gasteiger partial charge in [-0.25, -0.2) is 8.42 Å². The molecule has 1 unspecified atom stereocenters. The van der Waals surface area contributed by atoms with Gasteiger partial charge in [0.05, 0.1) is 18.0 Å². The lowest BCUT2D eigenvalue weighted by atomic mass is 10.2. The molecule has 2 aromatic rings. The summed E-state index contributed by atoms with van der Waals surface area (Å²) in [6, 6.07) is 14.0. The molecule has 0 bridgehead atoms. The number of fused-ring (bicyclic) bond motifs is 1. The van der Waals surface area contributed by atoms with E-state index in [1.165, 1.54) is 4.31 Å². The highest BCUT2D eigenvalue weighted by atomic mass is 79.9. The average molecular weight is 425 g/mol. The van der Waals surface area contributed by atoms with Crippen LogP contribution in [0.25, 0.3) is 0 Å². The molecule has 0 spiro atoms. The number of amides is 1. The topological polar surface area (TPSA) is 75.7 Å². The van der Waals surface area contributed by atoms with Gasteiger partial charge in [0.15, 0.2) is 6.10 Å². The van der Waals surface area contributed by atoms with Crippen molar-refractivity contribution in [1.29, 1.82) is 0 Å². The zero-order chi connectivity index (χ0) is 18.0. The molecule has 1 aliphatic heterocycles. The van der Waals surface area contributed by atoms with Crippen LogP contribution in [0.1, 0.15) is 6.92 Å². The third-order valence-corrected chi connectivity index (χ3v) is 6.06. The molecule has 3 rings (SSSR count). The standard InChI is InChI=1S/C17H17BrN2O4S/c1-2-25(22,23)20-11-16(24-15-9-4-3-8-14(15)20)17(21)19-13-7-5-6-12(18)10-13/h3-10,16H,2,11H2,1H3,(H,19,21). The number of hydrogen-bond acceptors (Lipinski definition) is 4. The highest BCUT2D eigenvalue weighted by Gasteiger charge is 2.35. The zero-order valence-corrected chi connectivity index (χ0v) is 15.9. The number of rotatable bonds is 4. The fourth-order valence-corrected chi connectivity index (χ4v) is 4.07. The molecular formula is C17H17BrN2O4S. The van der Waals surface area contributed by atoms with Crippen LogP contribution in [-0.2, 0) is 14.8 Å². The molecule has 1 N–H and O–H groups in total. The third-order valence-electron chi connectivity index (χ3n) is 3.82. The van der Waals surface area contributed by atoms with Crippen molar-refractivity contribution in [2.45, 2.75) is 13.0 Å². The number of anilines is 2. The summed E-state index contributed by atoms with van der Waals surface area (Å²) in [6.45, 7) is 1.51. The first kappa shape index (κ1) is 17.8. The van der Waals surface area contributed by atoms with E-state index in [0.717, 1.165) is 4.47 Å². The van der Waals surface area contributed by atoms with E-state index in [4.69, 9.17) is 4.74 Å². The van der Waals surface area contributed by atoms with Crippen molar-refractivity contribution in [3.8, 4) is 5.75 Å². The molecule has 6 nitrogen and oxygen atoms in total. The van der Waals surface area contributed by atoms with Gasteiger partial charge in [-0.1, -0.05) is 34.1 Å². The molecule has 132 valence electrons. The Balaban J connectivity index is 1.87. The van der Waals surface area contributed by atoms with E-state index in [9.17, 15) is 13.2 Å². The molecule has 0 fully saturated rings. The molecule has 1 aliphatic rings. The quantitative estimate of drug-likeness (QED) is 0.818. The summed E-state index contributed by atoms with van der Waals surface area (Å²) in [5.41, 5.74) is 1.06. The molecule has 0 saturated carbocycles. The second-order valence-electron chi connectivity index (χ2n) is 5.51. The maximum atomic E-state index is 12.6. The lowest BCUT2D eigenvalue weighted by molar-refractivity contribution is -0.122. The van der Waals surface area contributed by atoms with Crippen molar-refractivity contribution >= 4 is 43.2 Å². The monoisotopic (exact) mass is 424 g/mol.